The Kier molecular flexibility index (Phi) is 3.71. The Morgan fingerprint density at radius 2 is 2.15 bits per heavy atom. The van der Waals surface area contributed by atoms with Crippen molar-refractivity contribution >= 4 is 16.9 Å². The van der Waals surface area contributed by atoms with Gasteiger partial charge in [-0.25, -0.2) is 4.98 Å². The number of imidazole rings is 1. The molecule has 3 aromatic rings. The maximum Gasteiger partial charge on any atom is 0.254 e. The van der Waals surface area contributed by atoms with Crippen molar-refractivity contribution in [1.29, 1.82) is 5.26 Å². The number of carbonyl (C=O) groups is 1. The Morgan fingerprint density at radius 1 is 1.22 bits per heavy atom. The van der Waals surface area contributed by atoms with Gasteiger partial charge >= 0.3 is 0 Å². The van der Waals surface area contributed by atoms with E-state index in [9.17, 15) is 4.79 Å². The Balaban J connectivity index is 1.47. The van der Waals surface area contributed by atoms with Crippen molar-refractivity contribution in [1.82, 2.24) is 14.9 Å². The lowest BCUT2D eigenvalue weighted by Gasteiger charge is -2.45. The predicted molar refractivity (Wildman–Crippen MR) is 102 cm³/mol. The summed E-state index contributed by atoms with van der Waals surface area (Å²) in [4.78, 5) is 22.7. The van der Waals surface area contributed by atoms with Crippen LogP contribution in [0.4, 0.5) is 0 Å². The molecule has 1 saturated heterocycles. The SMILES string of the molecule is N#Cc1ccc2c(c1)CCC1[C@@H]2CCCN1C(=O)c1ccc2nc[nH]c2c1. The topological polar surface area (TPSA) is 72.8 Å². The van der Waals surface area contributed by atoms with Gasteiger partial charge in [0.25, 0.3) is 5.91 Å². The third-order valence-corrected chi connectivity index (χ3v) is 6.09. The van der Waals surface area contributed by atoms with Crippen LogP contribution in [0.3, 0.4) is 0 Å². The minimum absolute atomic E-state index is 0.110. The number of amides is 1. The van der Waals surface area contributed by atoms with Crippen molar-refractivity contribution in [2.75, 3.05) is 6.54 Å². The summed E-state index contributed by atoms with van der Waals surface area (Å²) in [7, 11) is 0. The van der Waals surface area contributed by atoms with Crippen LogP contribution in [0.2, 0.25) is 0 Å². The summed E-state index contributed by atoms with van der Waals surface area (Å²) < 4.78 is 0. The number of nitrogens with one attached hydrogen (secondary N) is 1. The van der Waals surface area contributed by atoms with Crippen LogP contribution in [0.25, 0.3) is 11.0 Å². The second kappa shape index (κ2) is 6.24. The van der Waals surface area contributed by atoms with Gasteiger partial charge in [0.05, 0.1) is 29.0 Å². The smallest absolute Gasteiger partial charge is 0.254 e. The van der Waals surface area contributed by atoms with E-state index in [1.54, 1.807) is 6.33 Å². The van der Waals surface area contributed by atoms with Crippen molar-refractivity contribution in [2.24, 2.45) is 0 Å². The highest BCUT2D eigenvalue weighted by molar-refractivity contribution is 5.97. The number of hydrogen-bond donors (Lipinski definition) is 1. The molecule has 27 heavy (non-hydrogen) atoms. The van der Waals surface area contributed by atoms with E-state index in [1.807, 2.05) is 30.3 Å². The van der Waals surface area contributed by atoms with Crippen LogP contribution in [0.1, 0.15) is 52.2 Å². The Hall–Kier alpha value is -3.13. The zero-order valence-corrected chi connectivity index (χ0v) is 15.0. The van der Waals surface area contributed by atoms with Crippen LogP contribution in [-0.2, 0) is 6.42 Å². The molecule has 0 radical (unpaired) electrons. The van der Waals surface area contributed by atoms with Crippen LogP contribution in [-0.4, -0.2) is 33.4 Å². The van der Waals surface area contributed by atoms with E-state index in [2.05, 4.69) is 27.0 Å². The monoisotopic (exact) mass is 356 g/mol. The van der Waals surface area contributed by atoms with Gasteiger partial charge in [-0.1, -0.05) is 6.07 Å². The molecule has 5 nitrogen and oxygen atoms in total. The minimum Gasteiger partial charge on any atom is -0.345 e. The fourth-order valence-corrected chi connectivity index (χ4v) is 4.82. The van der Waals surface area contributed by atoms with E-state index in [0.29, 0.717) is 5.92 Å². The molecule has 1 aliphatic heterocycles. The lowest BCUT2D eigenvalue weighted by molar-refractivity contribution is 0.0547. The number of hydrogen-bond acceptors (Lipinski definition) is 3. The van der Waals surface area contributed by atoms with Gasteiger partial charge < -0.3 is 9.88 Å². The maximum atomic E-state index is 13.3. The van der Waals surface area contributed by atoms with Crippen molar-refractivity contribution in [3.63, 3.8) is 0 Å². The number of piperidine rings is 1. The second-order valence-electron chi connectivity index (χ2n) is 7.51. The molecule has 5 heteroatoms. The molecule has 1 aliphatic carbocycles. The molecule has 1 unspecified atom stereocenters. The third-order valence-electron chi connectivity index (χ3n) is 6.09. The van der Waals surface area contributed by atoms with Crippen molar-refractivity contribution < 1.29 is 4.79 Å². The van der Waals surface area contributed by atoms with Crippen LogP contribution in [0.5, 0.6) is 0 Å². The molecule has 0 bridgehead atoms. The Labute approximate surface area is 157 Å². The largest absolute Gasteiger partial charge is 0.345 e. The molecule has 2 atom stereocenters. The molecule has 0 spiro atoms. The standard InChI is InChI=1S/C22H20N4O/c23-12-14-3-6-17-15(10-14)5-8-21-18(17)2-1-9-26(21)22(27)16-4-7-19-20(11-16)25-13-24-19/h3-4,6-7,10-11,13,18,21H,1-2,5,8-9H2,(H,24,25)/t18-,21?/m1/s1. The molecule has 1 fully saturated rings. The number of aromatic nitrogens is 2. The number of nitriles is 1. The number of aromatic amines is 1. The zero-order chi connectivity index (χ0) is 18.4. The van der Waals surface area contributed by atoms with Gasteiger partial charge in [0.2, 0.25) is 0 Å². The fourth-order valence-electron chi connectivity index (χ4n) is 4.82. The molecule has 5 rings (SSSR count). The molecule has 1 amide bonds. The third kappa shape index (κ3) is 2.60. The van der Waals surface area contributed by atoms with E-state index in [4.69, 9.17) is 5.26 Å². The van der Waals surface area contributed by atoms with Crippen LogP contribution >= 0.6 is 0 Å². The minimum atomic E-state index is 0.110. The summed E-state index contributed by atoms with van der Waals surface area (Å²) in [5.74, 6) is 0.480. The summed E-state index contributed by atoms with van der Waals surface area (Å²) in [6.07, 6.45) is 5.66. The van der Waals surface area contributed by atoms with Gasteiger partial charge in [0.1, 0.15) is 0 Å². The van der Waals surface area contributed by atoms with Gasteiger partial charge in [-0.3, -0.25) is 4.79 Å². The molecule has 2 heterocycles. The van der Waals surface area contributed by atoms with E-state index in [1.165, 1.54) is 11.1 Å². The number of carbonyl (C=O) groups excluding carboxylic acids is 1. The first kappa shape index (κ1) is 16.1. The Bertz CT molecular complexity index is 1080. The second-order valence-corrected chi connectivity index (χ2v) is 7.51. The Morgan fingerprint density at radius 3 is 3.04 bits per heavy atom. The highest BCUT2D eigenvalue weighted by atomic mass is 16.2. The summed E-state index contributed by atoms with van der Waals surface area (Å²) in [5, 5.41) is 9.16. The number of benzene rings is 2. The van der Waals surface area contributed by atoms with E-state index < -0.39 is 0 Å². The zero-order valence-electron chi connectivity index (χ0n) is 15.0. The van der Waals surface area contributed by atoms with Crippen LogP contribution < -0.4 is 0 Å². The molecule has 0 saturated carbocycles. The number of rotatable bonds is 1. The molecule has 2 aliphatic rings. The highest BCUT2D eigenvalue weighted by Crippen LogP contribution is 2.41. The summed E-state index contributed by atoms with van der Waals surface area (Å²) in [5.41, 5.74) is 5.83. The average molecular weight is 356 g/mol. The summed E-state index contributed by atoms with van der Waals surface area (Å²) in [6, 6.07) is 14.2. The number of aryl methyl sites for hydroxylation is 1. The van der Waals surface area contributed by atoms with Crippen molar-refractivity contribution in [2.45, 2.75) is 37.6 Å². The lowest BCUT2D eigenvalue weighted by Crippen LogP contribution is -2.49. The normalized spacial score (nSPS) is 21.4. The number of likely N-dealkylation sites (tertiary alicyclic amines) is 1. The first-order valence-corrected chi connectivity index (χ1v) is 9.51. The number of fused-ring (bicyclic) bond motifs is 4. The van der Waals surface area contributed by atoms with E-state index in [0.717, 1.165) is 54.4 Å². The summed E-state index contributed by atoms with van der Waals surface area (Å²) in [6.45, 7) is 0.812. The first-order chi connectivity index (χ1) is 13.2. The molecular formula is C22H20N4O. The molecule has 1 N–H and O–H groups in total. The van der Waals surface area contributed by atoms with Crippen LogP contribution in [0.15, 0.2) is 42.7 Å². The van der Waals surface area contributed by atoms with Crippen molar-refractivity contribution in [3.8, 4) is 6.07 Å². The fraction of sp³-hybridized carbons (Fsp3) is 0.318. The predicted octanol–water partition coefficient (Wildman–Crippen LogP) is 3.77. The average Bonchev–Trinajstić information content (AvgIpc) is 3.20. The van der Waals surface area contributed by atoms with E-state index >= 15 is 0 Å². The summed E-state index contributed by atoms with van der Waals surface area (Å²) >= 11 is 0. The number of H-pyrrole nitrogens is 1. The van der Waals surface area contributed by atoms with Gasteiger partial charge in [-0.05, 0) is 67.1 Å². The first-order valence-electron chi connectivity index (χ1n) is 9.51. The molecule has 2 aromatic carbocycles. The quantitative estimate of drug-likeness (QED) is 0.721. The molecule has 1 aromatic heterocycles. The molecule has 134 valence electrons. The van der Waals surface area contributed by atoms with Crippen molar-refractivity contribution in [3.05, 3.63) is 65.0 Å². The van der Waals surface area contributed by atoms with Gasteiger partial charge in [-0.2, -0.15) is 5.26 Å². The number of nitrogens with zero attached hydrogens (tertiary/aromatic N) is 3. The lowest BCUT2D eigenvalue weighted by atomic mass is 9.74. The highest BCUT2D eigenvalue weighted by Gasteiger charge is 2.38. The van der Waals surface area contributed by atoms with Crippen LogP contribution in [0, 0.1) is 11.3 Å². The van der Waals surface area contributed by atoms with Gasteiger partial charge in [0.15, 0.2) is 0 Å². The molecular weight excluding hydrogens is 336 g/mol. The maximum absolute atomic E-state index is 13.3. The van der Waals surface area contributed by atoms with E-state index in [-0.39, 0.29) is 11.9 Å². The van der Waals surface area contributed by atoms with Gasteiger partial charge in [-0.15, -0.1) is 0 Å². The van der Waals surface area contributed by atoms with Gasteiger partial charge in [0, 0.05) is 24.1 Å².